The predicted molar refractivity (Wildman–Crippen MR) is 164 cm³/mol. The fourth-order valence-corrected chi connectivity index (χ4v) is 6.80. The van der Waals surface area contributed by atoms with Crippen molar-refractivity contribution in [1.29, 1.82) is 0 Å². The molecule has 210 valence electrons. The number of aromatic nitrogens is 3. The van der Waals surface area contributed by atoms with Crippen LogP contribution in [0.5, 0.6) is 5.75 Å². The third-order valence-corrected chi connectivity index (χ3v) is 9.09. The van der Waals surface area contributed by atoms with Gasteiger partial charge in [-0.3, -0.25) is 9.59 Å². The lowest BCUT2D eigenvalue weighted by atomic mass is 10.1. The summed E-state index contributed by atoms with van der Waals surface area (Å²) in [4.78, 5) is 42.1. The van der Waals surface area contributed by atoms with Crippen molar-refractivity contribution in [3.05, 3.63) is 113 Å². The molecule has 2 aliphatic rings. The summed E-state index contributed by atoms with van der Waals surface area (Å²) in [6.45, 7) is 2.37. The highest BCUT2D eigenvalue weighted by atomic mass is 32.1. The Hall–Kier alpha value is -4.76. The molecule has 0 N–H and O–H groups in total. The van der Waals surface area contributed by atoms with E-state index in [1.807, 2.05) is 83.4 Å². The lowest BCUT2D eigenvalue weighted by molar-refractivity contribution is 0.0978. The Morgan fingerprint density at radius 1 is 0.976 bits per heavy atom. The molecule has 0 spiro atoms. The number of pyridine rings is 1. The van der Waals surface area contributed by atoms with E-state index in [0.29, 0.717) is 38.4 Å². The molecule has 0 bridgehead atoms. The highest BCUT2D eigenvalue weighted by Crippen LogP contribution is 2.42. The van der Waals surface area contributed by atoms with Crippen molar-refractivity contribution in [3.8, 4) is 16.2 Å². The number of carbonyl (C=O) groups excluding carboxylic acids is 2. The quantitative estimate of drug-likeness (QED) is 0.255. The van der Waals surface area contributed by atoms with Gasteiger partial charge in [0.1, 0.15) is 29.7 Å². The van der Waals surface area contributed by atoms with Gasteiger partial charge in [0.15, 0.2) is 5.78 Å². The molecular formula is C33H29N5O3S. The van der Waals surface area contributed by atoms with Crippen molar-refractivity contribution >= 4 is 34.5 Å². The van der Waals surface area contributed by atoms with Gasteiger partial charge in [-0.05, 0) is 42.3 Å². The summed E-state index contributed by atoms with van der Waals surface area (Å²) in [5, 5.41) is 0. The topological polar surface area (TPSA) is 80.6 Å². The molecule has 9 heteroatoms. The highest BCUT2D eigenvalue weighted by Gasteiger charge is 2.29. The first-order chi connectivity index (χ1) is 20.5. The number of hydrogen-bond donors (Lipinski definition) is 0. The van der Waals surface area contributed by atoms with Crippen LogP contribution in [0, 0.1) is 0 Å². The van der Waals surface area contributed by atoms with E-state index in [1.165, 1.54) is 11.3 Å². The number of rotatable bonds is 5. The van der Waals surface area contributed by atoms with Gasteiger partial charge in [0, 0.05) is 48.5 Å². The van der Waals surface area contributed by atoms with E-state index < -0.39 is 0 Å². The number of ether oxygens (including phenoxy) is 1. The van der Waals surface area contributed by atoms with E-state index in [1.54, 1.807) is 12.3 Å². The number of nitrogens with zero attached hydrogens (tertiary/aromatic N) is 5. The SMILES string of the molecule is Cn1ccnc1CC(=O)c1cc2c(s1)-c1ccccc1N(C(=O)c1cccc(N3CCOc4ccccc4C3)n1)CC2. The van der Waals surface area contributed by atoms with Gasteiger partial charge in [-0.2, -0.15) is 0 Å². The molecule has 0 aliphatic carbocycles. The molecule has 5 heterocycles. The van der Waals surface area contributed by atoms with Crippen LogP contribution in [0.25, 0.3) is 10.4 Å². The number of Topliss-reactive ketones (excluding diaryl/α,β-unsaturated/α-hetero) is 1. The fourth-order valence-electron chi connectivity index (χ4n) is 5.62. The Labute approximate surface area is 247 Å². The maximum Gasteiger partial charge on any atom is 0.276 e. The first kappa shape index (κ1) is 26.2. The Morgan fingerprint density at radius 2 is 1.83 bits per heavy atom. The summed E-state index contributed by atoms with van der Waals surface area (Å²) >= 11 is 1.50. The van der Waals surface area contributed by atoms with Crippen LogP contribution >= 0.6 is 11.3 Å². The highest BCUT2D eigenvalue weighted by molar-refractivity contribution is 7.17. The van der Waals surface area contributed by atoms with Crippen LogP contribution in [0.2, 0.25) is 0 Å². The number of aryl methyl sites for hydroxylation is 1. The van der Waals surface area contributed by atoms with E-state index in [9.17, 15) is 9.59 Å². The van der Waals surface area contributed by atoms with Crippen molar-refractivity contribution in [3.63, 3.8) is 0 Å². The zero-order valence-corrected chi connectivity index (χ0v) is 24.0. The molecule has 0 atom stereocenters. The van der Waals surface area contributed by atoms with Gasteiger partial charge in [-0.1, -0.05) is 42.5 Å². The number of fused-ring (bicyclic) bond motifs is 4. The Balaban J connectivity index is 1.16. The average Bonchev–Trinajstić information content (AvgIpc) is 3.51. The standard InChI is InChI=1S/C33H29N5O3S/c1-36-16-14-34-31(36)20-27(39)29-19-22-13-15-38(26-10-4-3-8-24(26)32(22)42-29)33(40)25-9-6-12-30(35-25)37-17-18-41-28-11-5-2-7-23(28)21-37/h2-12,14,16,19H,13,15,17-18,20-21H2,1H3. The largest absolute Gasteiger partial charge is 0.491 e. The van der Waals surface area contributed by atoms with Gasteiger partial charge in [-0.25, -0.2) is 9.97 Å². The van der Waals surface area contributed by atoms with Crippen LogP contribution in [0.1, 0.15) is 37.1 Å². The summed E-state index contributed by atoms with van der Waals surface area (Å²) in [7, 11) is 1.90. The number of thiophene rings is 1. The predicted octanol–water partition coefficient (Wildman–Crippen LogP) is 5.57. The molecule has 1 amide bonds. The van der Waals surface area contributed by atoms with Crippen LogP contribution in [0.3, 0.4) is 0 Å². The van der Waals surface area contributed by atoms with Crippen LogP contribution in [0.15, 0.2) is 85.2 Å². The van der Waals surface area contributed by atoms with E-state index in [0.717, 1.165) is 49.5 Å². The molecule has 0 fully saturated rings. The smallest absolute Gasteiger partial charge is 0.276 e. The lowest BCUT2D eigenvalue weighted by Crippen LogP contribution is -2.34. The average molecular weight is 576 g/mol. The fraction of sp³-hybridized carbons (Fsp3) is 0.212. The van der Waals surface area contributed by atoms with Crippen LogP contribution in [0.4, 0.5) is 11.5 Å². The molecule has 42 heavy (non-hydrogen) atoms. The van der Waals surface area contributed by atoms with Crippen molar-refractivity contribution in [2.75, 3.05) is 29.5 Å². The maximum atomic E-state index is 14.0. The van der Waals surface area contributed by atoms with Crippen molar-refractivity contribution in [2.45, 2.75) is 19.4 Å². The number of imidazole rings is 1. The van der Waals surface area contributed by atoms with Crippen LogP contribution < -0.4 is 14.5 Å². The minimum Gasteiger partial charge on any atom is -0.491 e. The lowest BCUT2D eigenvalue weighted by Gasteiger charge is -2.24. The molecule has 0 unspecified atom stereocenters. The minimum absolute atomic E-state index is 0.0512. The summed E-state index contributed by atoms with van der Waals surface area (Å²) in [6.07, 6.45) is 4.45. The number of carbonyl (C=O) groups is 2. The molecule has 7 rings (SSSR count). The van der Waals surface area contributed by atoms with Crippen molar-refractivity contribution in [2.24, 2.45) is 7.05 Å². The second kappa shape index (κ2) is 10.9. The molecule has 3 aromatic heterocycles. The molecule has 8 nitrogen and oxygen atoms in total. The molecule has 0 radical (unpaired) electrons. The molecule has 2 aliphatic heterocycles. The van der Waals surface area contributed by atoms with E-state index >= 15 is 0 Å². The van der Waals surface area contributed by atoms with Gasteiger partial charge < -0.3 is 19.1 Å². The van der Waals surface area contributed by atoms with Crippen LogP contribution in [-0.4, -0.2) is 45.9 Å². The van der Waals surface area contributed by atoms with Gasteiger partial charge in [-0.15, -0.1) is 11.3 Å². The summed E-state index contributed by atoms with van der Waals surface area (Å²) in [5.41, 5.74) is 4.36. The third kappa shape index (κ3) is 4.86. The zero-order chi connectivity index (χ0) is 28.6. The van der Waals surface area contributed by atoms with Gasteiger partial charge in [0.05, 0.1) is 23.5 Å². The number of anilines is 2. The molecule has 0 saturated heterocycles. The van der Waals surface area contributed by atoms with Gasteiger partial charge >= 0.3 is 0 Å². The Morgan fingerprint density at radius 3 is 2.71 bits per heavy atom. The second-order valence-electron chi connectivity index (χ2n) is 10.5. The summed E-state index contributed by atoms with van der Waals surface area (Å²) in [6, 6.07) is 23.6. The first-order valence-corrected chi connectivity index (χ1v) is 14.8. The molecule has 0 saturated carbocycles. The van der Waals surface area contributed by atoms with Crippen LogP contribution in [-0.2, 0) is 26.4 Å². The van der Waals surface area contributed by atoms with Crippen molar-refractivity contribution < 1.29 is 14.3 Å². The van der Waals surface area contributed by atoms with Crippen molar-refractivity contribution in [1.82, 2.24) is 14.5 Å². The number of amides is 1. The van der Waals surface area contributed by atoms with Gasteiger partial charge in [0.25, 0.3) is 5.91 Å². The van der Waals surface area contributed by atoms with E-state index in [4.69, 9.17) is 9.72 Å². The number of para-hydroxylation sites is 2. The Kier molecular flexibility index (Phi) is 6.79. The Bertz CT molecular complexity index is 1810. The molecule has 2 aromatic carbocycles. The third-order valence-electron chi connectivity index (χ3n) is 7.84. The summed E-state index contributed by atoms with van der Waals surface area (Å²) < 4.78 is 7.81. The molecule has 5 aromatic rings. The zero-order valence-electron chi connectivity index (χ0n) is 23.2. The van der Waals surface area contributed by atoms with E-state index in [2.05, 4.69) is 16.0 Å². The maximum absolute atomic E-state index is 14.0. The summed E-state index contributed by atoms with van der Waals surface area (Å²) in [5.74, 6) is 2.29. The second-order valence-corrected chi connectivity index (χ2v) is 11.6. The number of benzene rings is 2. The number of ketones is 1. The normalized spacial score (nSPS) is 14.2. The monoisotopic (exact) mass is 575 g/mol. The number of hydrogen-bond acceptors (Lipinski definition) is 7. The minimum atomic E-state index is -0.142. The van der Waals surface area contributed by atoms with E-state index in [-0.39, 0.29) is 18.1 Å². The van der Waals surface area contributed by atoms with Gasteiger partial charge in [0.2, 0.25) is 0 Å². The first-order valence-electron chi connectivity index (χ1n) is 14.0. The molecular weight excluding hydrogens is 546 g/mol.